The molecule has 1 unspecified atom stereocenters. The van der Waals surface area contributed by atoms with Gasteiger partial charge in [0.1, 0.15) is 11.6 Å². The van der Waals surface area contributed by atoms with E-state index in [4.69, 9.17) is 9.72 Å². The number of carbonyl (C=O) groups excluding carboxylic acids is 1. The number of aromatic nitrogens is 2. The van der Waals surface area contributed by atoms with Crippen LogP contribution in [0.2, 0.25) is 0 Å². The standard InChI is InChI=1S/C21H23N3O2/c1-3-12-23-19-7-5-4-6-18(19)22-21(23)15-13-20(25)24(14-15)16-8-10-17(26-2)11-9-16/h4-11,15H,3,12-14H2,1-2H3. The second-order valence-electron chi connectivity index (χ2n) is 6.71. The van der Waals surface area contributed by atoms with Crippen molar-refractivity contribution in [3.8, 4) is 5.75 Å². The Morgan fingerprint density at radius 2 is 1.92 bits per heavy atom. The van der Waals surface area contributed by atoms with Crippen LogP contribution in [-0.4, -0.2) is 29.1 Å². The highest BCUT2D eigenvalue weighted by molar-refractivity contribution is 5.96. The van der Waals surface area contributed by atoms with Crippen LogP contribution in [0.5, 0.6) is 5.75 Å². The average Bonchev–Trinajstić information content (AvgIpc) is 3.23. The Kier molecular flexibility index (Phi) is 4.37. The molecule has 26 heavy (non-hydrogen) atoms. The molecule has 1 aliphatic heterocycles. The second-order valence-corrected chi connectivity index (χ2v) is 6.71. The monoisotopic (exact) mass is 349 g/mol. The molecular formula is C21H23N3O2. The lowest BCUT2D eigenvalue weighted by molar-refractivity contribution is -0.117. The van der Waals surface area contributed by atoms with E-state index in [0.29, 0.717) is 13.0 Å². The van der Waals surface area contributed by atoms with Gasteiger partial charge in [-0.2, -0.15) is 0 Å². The van der Waals surface area contributed by atoms with Crippen molar-refractivity contribution in [3.63, 3.8) is 0 Å². The molecule has 0 radical (unpaired) electrons. The fraction of sp³-hybridized carbons (Fsp3) is 0.333. The lowest BCUT2D eigenvalue weighted by atomic mass is 10.1. The maximum absolute atomic E-state index is 12.7. The second kappa shape index (κ2) is 6.83. The summed E-state index contributed by atoms with van der Waals surface area (Å²) in [4.78, 5) is 19.4. The van der Waals surface area contributed by atoms with Crippen molar-refractivity contribution >= 4 is 22.6 Å². The zero-order chi connectivity index (χ0) is 18.1. The maximum atomic E-state index is 12.7. The van der Waals surface area contributed by atoms with Crippen molar-refractivity contribution in [2.75, 3.05) is 18.6 Å². The van der Waals surface area contributed by atoms with Crippen molar-refractivity contribution in [1.29, 1.82) is 0 Å². The smallest absolute Gasteiger partial charge is 0.227 e. The molecule has 1 aromatic heterocycles. The van der Waals surface area contributed by atoms with Gasteiger partial charge in [0, 0.05) is 31.1 Å². The topological polar surface area (TPSA) is 47.4 Å². The fourth-order valence-corrected chi connectivity index (χ4v) is 3.76. The summed E-state index contributed by atoms with van der Waals surface area (Å²) in [7, 11) is 1.64. The third-order valence-electron chi connectivity index (χ3n) is 5.01. The molecule has 2 aromatic carbocycles. The van der Waals surface area contributed by atoms with E-state index < -0.39 is 0 Å². The highest BCUT2D eigenvalue weighted by atomic mass is 16.5. The molecule has 0 saturated carbocycles. The highest BCUT2D eigenvalue weighted by Crippen LogP contribution is 2.33. The number of benzene rings is 2. The summed E-state index contributed by atoms with van der Waals surface area (Å²) in [6, 6.07) is 15.9. The molecule has 1 saturated heterocycles. The average molecular weight is 349 g/mol. The van der Waals surface area contributed by atoms with Gasteiger partial charge in [0.2, 0.25) is 5.91 Å². The largest absolute Gasteiger partial charge is 0.497 e. The maximum Gasteiger partial charge on any atom is 0.227 e. The van der Waals surface area contributed by atoms with E-state index in [1.165, 1.54) is 0 Å². The van der Waals surface area contributed by atoms with Crippen molar-refractivity contribution < 1.29 is 9.53 Å². The number of fused-ring (bicyclic) bond motifs is 1. The van der Waals surface area contributed by atoms with Crippen LogP contribution in [0.15, 0.2) is 48.5 Å². The summed E-state index contributed by atoms with van der Waals surface area (Å²) >= 11 is 0. The van der Waals surface area contributed by atoms with E-state index in [1.807, 2.05) is 47.4 Å². The minimum absolute atomic E-state index is 0.114. The third-order valence-corrected chi connectivity index (χ3v) is 5.01. The van der Waals surface area contributed by atoms with Gasteiger partial charge in [-0.15, -0.1) is 0 Å². The number of carbonyl (C=O) groups is 1. The molecule has 0 bridgehead atoms. The molecule has 1 atom stereocenters. The predicted octanol–water partition coefficient (Wildman–Crippen LogP) is 3.98. The number of amides is 1. The Morgan fingerprint density at radius 3 is 2.65 bits per heavy atom. The molecule has 5 heteroatoms. The van der Waals surface area contributed by atoms with Gasteiger partial charge >= 0.3 is 0 Å². The van der Waals surface area contributed by atoms with Gasteiger partial charge in [-0.05, 0) is 42.8 Å². The van der Waals surface area contributed by atoms with E-state index in [2.05, 4.69) is 17.6 Å². The SMILES string of the molecule is CCCn1c(C2CC(=O)N(c3ccc(OC)cc3)C2)nc2ccccc21. The van der Waals surface area contributed by atoms with Crippen molar-refractivity contribution in [2.45, 2.75) is 32.2 Å². The molecule has 2 heterocycles. The van der Waals surface area contributed by atoms with Crippen LogP contribution in [0.4, 0.5) is 5.69 Å². The molecule has 0 N–H and O–H groups in total. The lowest BCUT2D eigenvalue weighted by Crippen LogP contribution is -2.24. The number of imidazole rings is 1. The van der Waals surface area contributed by atoms with Crippen LogP contribution in [0.3, 0.4) is 0 Å². The van der Waals surface area contributed by atoms with E-state index in [9.17, 15) is 4.79 Å². The summed E-state index contributed by atoms with van der Waals surface area (Å²) < 4.78 is 7.49. The summed E-state index contributed by atoms with van der Waals surface area (Å²) in [5.74, 6) is 2.08. The van der Waals surface area contributed by atoms with Crippen LogP contribution in [0, 0.1) is 0 Å². The summed E-state index contributed by atoms with van der Waals surface area (Å²) in [6.07, 6.45) is 1.54. The Morgan fingerprint density at radius 1 is 1.15 bits per heavy atom. The van der Waals surface area contributed by atoms with Crippen LogP contribution >= 0.6 is 0 Å². The Balaban J connectivity index is 1.66. The minimum Gasteiger partial charge on any atom is -0.497 e. The summed E-state index contributed by atoms with van der Waals surface area (Å²) in [5.41, 5.74) is 3.07. The zero-order valence-corrected chi connectivity index (χ0v) is 15.2. The summed E-state index contributed by atoms with van der Waals surface area (Å²) in [5, 5.41) is 0. The number of hydrogen-bond donors (Lipinski definition) is 0. The van der Waals surface area contributed by atoms with E-state index in [0.717, 1.165) is 41.3 Å². The zero-order valence-electron chi connectivity index (χ0n) is 15.2. The molecule has 3 aromatic rings. The number of rotatable bonds is 5. The Labute approximate surface area is 153 Å². The highest BCUT2D eigenvalue weighted by Gasteiger charge is 2.34. The fourth-order valence-electron chi connectivity index (χ4n) is 3.76. The number of nitrogens with zero attached hydrogens (tertiary/aromatic N) is 3. The predicted molar refractivity (Wildman–Crippen MR) is 103 cm³/mol. The molecular weight excluding hydrogens is 326 g/mol. The van der Waals surface area contributed by atoms with Crippen molar-refractivity contribution in [3.05, 3.63) is 54.4 Å². The third kappa shape index (κ3) is 2.83. The number of aryl methyl sites for hydroxylation is 1. The van der Waals surface area contributed by atoms with Gasteiger partial charge in [-0.1, -0.05) is 19.1 Å². The van der Waals surface area contributed by atoms with Gasteiger partial charge in [0.15, 0.2) is 0 Å². The van der Waals surface area contributed by atoms with Gasteiger partial charge < -0.3 is 14.2 Å². The van der Waals surface area contributed by atoms with Crippen LogP contribution in [0.1, 0.15) is 31.5 Å². The quantitative estimate of drug-likeness (QED) is 0.700. The van der Waals surface area contributed by atoms with Crippen molar-refractivity contribution in [2.24, 2.45) is 0 Å². The molecule has 5 nitrogen and oxygen atoms in total. The minimum atomic E-state index is 0.114. The first-order valence-corrected chi connectivity index (χ1v) is 9.11. The number of hydrogen-bond acceptors (Lipinski definition) is 3. The molecule has 134 valence electrons. The van der Waals surface area contributed by atoms with Crippen LogP contribution < -0.4 is 9.64 Å². The van der Waals surface area contributed by atoms with E-state index >= 15 is 0 Å². The Bertz CT molecular complexity index is 930. The molecule has 4 rings (SSSR count). The van der Waals surface area contributed by atoms with E-state index in [-0.39, 0.29) is 11.8 Å². The van der Waals surface area contributed by atoms with Gasteiger partial charge in [-0.3, -0.25) is 4.79 Å². The number of anilines is 1. The van der Waals surface area contributed by atoms with Crippen LogP contribution in [-0.2, 0) is 11.3 Å². The van der Waals surface area contributed by atoms with E-state index in [1.54, 1.807) is 7.11 Å². The number of ether oxygens (including phenoxy) is 1. The molecule has 1 aliphatic rings. The van der Waals surface area contributed by atoms with Gasteiger partial charge in [0.05, 0.1) is 18.1 Å². The summed E-state index contributed by atoms with van der Waals surface area (Å²) in [6.45, 7) is 3.75. The van der Waals surface area contributed by atoms with Gasteiger partial charge in [0.25, 0.3) is 0 Å². The van der Waals surface area contributed by atoms with Gasteiger partial charge in [-0.25, -0.2) is 4.98 Å². The van der Waals surface area contributed by atoms with Crippen molar-refractivity contribution in [1.82, 2.24) is 9.55 Å². The molecule has 0 aliphatic carbocycles. The first kappa shape index (κ1) is 16.6. The molecule has 1 fully saturated rings. The first-order valence-electron chi connectivity index (χ1n) is 9.11. The normalized spacial score (nSPS) is 17.2. The first-order chi connectivity index (χ1) is 12.7. The number of para-hydroxylation sites is 2. The molecule has 1 amide bonds. The Hall–Kier alpha value is -2.82. The lowest BCUT2D eigenvalue weighted by Gasteiger charge is -2.17. The number of methoxy groups -OCH3 is 1. The van der Waals surface area contributed by atoms with Crippen LogP contribution in [0.25, 0.3) is 11.0 Å². The molecule has 0 spiro atoms.